The van der Waals surface area contributed by atoms with E-state index in [1.165, 1.54) is 0 Å². The molecule has 0 fully saturated rings. The van der Waals surface area contributed by atoms with Gasteiger partial charge in [0.15, 0.2) is 0 Å². The molecule has 19 heavy (non-hydrogen) atoms. The largest absolute Gasteiger partial charge is 0.388 e. The Hall–Kier alpha value is -1.86. The number of dihydropyridines is 1. The van der Waals surface area contributed by atoms with Crippen molar-refractivity contribution in [3.05, 3.63) is 23.9 Å². The first-order valence-electron chi connectivity index (χ1n) is 6.05. The molecule has 0 aromatic carbocycles. The highest BCUT2D eigenvalue weighted by atomic mass is 16.5. The number of hydrogen-bond acceptors (Lipinski definition) is 5. The Morgan fingerprint density at radius 2 is 2.42 bits per heavy atom. The van der Waals surface area contributed by atoms with E-state index in [4.69, 9.17) is 21.6 Å². The lowest BCUT2D eigenvalue weighted by molar-refractivity contribution is -0.122. The summed E-state index contributed by atoms with van der Waals surface area (Å²) < 4.78 is 5.09. The van der Waals surface area contributed by atoms with Crippen molar-refractivity contribution in [2.24, 2.45) is 11.5 Å². The third-order valence-electron chi connectivity index (χ3n) is 2.66. The molecule has 7 nitrogen and oxygen atoms in total. The maximum atomic E-state index is 11.6. The van der Waals surface area contributed by atoms with Gasteiger partial charge in [-0.3, -0.25) is 10.2 Å². The second-order valence-corrected chi connectivity index (χ2v) is 4.28. The molecule has 0 saturated carbocycles. The predicted molar refractivity (Wildman–Crippen MR) is 73.3 cm³/mol. The van der Waals surface area contributed by atoms with Gasteiger partial charge in [-0.25, -0.2) is 0 Å². The Kier molecular flexibility index (Phi) is 6.04. The first-order chi connectivity index (χ1) is 9.02. The molecule has 0 radical (unpaired) electrons. The van der Waals surface area contributed by atoms with Gasteiger partial charge in [0.05, 0.1) is 11.9 Å². The van der Waals surface area contributed by atoms with E-state index in [9.17, 15) is 4.79 Å². The summed E-state index contributed by atoms with van der Waals surface area (Å²) in [6.07, 6.45) is 6.38. The van der Waals surface area contributed by atoms with Gasteiger partial charge in [-0.2, -0.15) is 0 Å². The minimum Gasteiger partial charge on any atom is -0.388 e. The highest BCUT2D eigenvalue weighted by molar-refractivity contribution is 5.88. The highest BCUT2D eigenvalue weighted by Gasteiger charge is 2.14. The van der Waals surface area contributed by atoms with Crippen LogP contribution in [-0.2, 0) is 9.53 Å². The normalized spacial score (nSPS) is 19.3. The van der Waals surface area contributed by atoms with Crippen LogP contribution < -0.4 is 22.1 Å². The van der Waals surface area contributed by atoms with E-state index in [0.29, 0.717) is 13.0 Å². The Balaban J connectivity index is 2.24. The number of nitrogens with one attached hydrogen (secondary N) is 3. The number of nitrogens with two attached hydrogens (primary N) is 2. The molecule has 0 bridgehead atoms. The lowest BCUT2D eigenvalue weighted by atomic mass is 10.1. The van der Waals surface area contributed by atoms with Gasteiger partial charge in [0, 0.05) is 26.3 Å². The number of hydrogen-bond donors (Lipinski definition) is 5. The van der Waals surface area contributed by atoms with Crippen LogP contribution in [0.1, 0.15) is 12.8 Å². The maximum Gasteiger partial charge on any atom is 0.237 e. The molecule has 1 aliphatic rings. The van der Waals surface area contributed by atoms with E-state index in [1.54, 1.807) is 7.11 Å². The van der Waals surface area contributed by atoms with Gasteiger partial charge in [-0.1, -0.05) is 6.08 Å². The van der Waals surface area contributed by atoms with Gasteiger partial charge in [0.1, 0.15) is 6.23 Å². The van der Waals surface area contributed by atoms with E-state index in [0.717, 1.165) is 5.57 Å². The number of amides is 1. The molecule has 0 aromatic heterocycles. The molecule has 0 aromatic rings. The number of rotatable bonds is 7. The molecule has 1 amide bonds. The van der Waals surface area contributed by atoms with Crippen molar-refractivity contribution >= 4 is 11.7 Å². The molecule has 1 aliphatic heterocycles. The van der Waals surface area contributed by atoms with Gasteiger partial charge in [0.2, 0.25) is 5.91 Å². The van der Waals surface area contributed by atoms with Gasteiger partial charge in [-0.05, 0) is 18.1 Å². The molecule has 0 saturated heterocycles. The summed E-state index contributed by atoms with van der Waals surface area (Å²) >= 11 is 0. The summed E-state index contributed by atoms with van der Waals surface area (Å²) in [6.45, 7) is 0.486. The van der Waals surface area contributed by atoms with Crippen molar-refractivity contribution in [2.75, 3.05) is 13.7 Å². The fourth-order valence-electron chi connectivity index (χ4n) is 1.60. The van der Waals surface area contributed by atoms with Crippen molar-refractivity contribution in [1.29, 1.82) is 5.41 Å². The van der Waals surface area contributed by atoms with Gasteiger partial charge < -0.3 is 26.8 Å². The van der Waals surface area contributed by atoms with E-state index >= 15 is 0 Å². The maximum absolute atomic E-state index is 11.6. The molecule has 1 rings (SSSR count). The van der Waals surface area contributed by atoms with E-state index in [2.05, 4.69) is 10.6 Å². The van der Waals surface area contributed by atoms with Crippen molar-refractivity contribution < 1.29 is 9.53 Å². The van der Waals surface area contributed by atoms with E-state index < -0.39 is 6.04 Å². The second kappa shape index (κ2) is 7.55. The summed E-state index contributed by atoms with van der Waals surface area (Å²) in [6, 6.07) is -0.760. The van der Waals surface area contributed by atoms with Crippen molar-refractivity contribution in [1.82, 2.24) is 10.6 Å². The highest BCUT2D eigenvalue weighted by Crippen LogP contribution is 2.07. The molecule has 1 heterocycles. The zero-order valence-corrected chi connectivity index (χ0v) is 11.0. The molecule has 0 aliphatic carbocycles. The van der Waals surface area contributed by atoms with Crippen LogP contribution in [0.4, 0.5) is 0 Å². The van der Waals surface area contributed by atoms with Crippen LogP contribution in [0, 0.1) is 5.41 Å². The Labute approximate surface area is 112 Å². The third-order valence-corrected chi connectivity index (χ3v) is 2.66. The Bertz CT molecular complexity index is 392. The van der Waals surface area contributed by atoms with Gasteiger partial charge >= 0.3 is 0 Å². The molecular formula is C12H21N5O2. The fraction of sp³-hybridized carbons (Fsp3) is 0.500. The minimum atomic E-state index is -0.760. The number of carbonyl (C=O) groups excluding carboxylic acids is 1. The number of allylic oxidation sites excluding steroid dienone is 1. The van der Waals surface area contributed by atoms with Crippen LogP contribution >= 0.6 is 0 Å². The van der Waals surface area contributed by atoms with Crippen molar-refractivity contribution in [2.45, 2.75) is 25.1 Å². The number of amidine groups is 1. The average molecular weight is 267 g/mol. The number of methoxy groups -OCH3 is 1. The van der Waals surface area contributed by atoms with Gasteiger partial charge in [-0.15, -0.1) is 0 Å². The Morgan fingerprint density at radius 1 is 1.68 bits per heavy atom. The van der Waals surface area contributed by atoms with E-state index in [1.807, 2.05) is 18.4 Å². The van der Waals surface area contributed by atoms with Crippen LogP contribution in [0.5, 0.6) is 0 Å². The molecule has 7 N–H and O–H groups in total. The minimum absolute atomic E-state index is 0.0749. The fourth-order valence-corrected chi connectivity index (χ4v) is 1.60. The molecule has 0 spiro atoms. The first kappa shape index (κ1) is 15.2. The van der Waals surface area contributed by atoms with Crippen molar-refractivity contribution in [3.8, 4) is 0 Å². The number of carbonyl (C=O) groups is 1. The van der Waals surface area contributed by atoms with Gasteiger partial charge in [0.25, 0.3) is 0 Å². The quantitative estimate of drug-likeness (QED) is 0.304. The topological polar surface area (TPSA) is 126 Å². The van der Waals surface area contributed by atoms with Crippen LogP contribution in [0.2, 0.25) is 0 Å². The molecular weight excluding hydrogens is 246 g/mol. The summed E-state index contributed by atoms with van der Waals surface area (Å²) in [4.78, 5) is 11.6. The molecule has 7 heteroatoms. The van der Waals surface area contributed by atoms with Crippen LogP contribution in [0.15, 0.2) is 23.9 Å². The average Bonchev–Trinajstić information content (AvgIpc) is 2.38. The zero-order valence-electron chi connectivity index (χ0n) is 11.0. The standard InChI is InChI=1S/C12H21N5O2/c1-19-11-3-2-8(7-17-11)4-5-16-12(18)9(13)6-10(14)15/h2-3,7,9,11,17H,4-6,13H2,1H3,(H3,14,15)(H,16,18)/t9-,11?/m1/s1. The van der Waals surface area contributed by atoms with Crippen molar-refractivity contribution in [3.63, 3.8) is 0 Å². The predicted octanol–water partition coefficient (Wildman–Crippen LogP) is -0.838. The van der Waals surface area contributed by atoms with Crippen LogP contribution in [0.3, 0.4) is 0 Å². The molecule has 106 valence electrons. The monoisotopic (exact) mass is 267 g/mol. The Morgan fingerprint density at radius 3 is 2.95 bits per heavy atom. The molecule has 2 atom stereocenters. The van der Waals surface area contributed by atoms with E-state index in [-0.39, 0.29) is 24.4 Å². The summed E-state index contributed by atoms with van der Waals surface area (Å²) in [7, 11) is 1.62. The first-order valence-corrected chi connectivity index (χ1v) is 6.05. The lowest BCUT2D eigenvalue weighted by Crippen LogP contribution is -2.43. The number of ether oxygens (including phenoxy) is 1. The second-order valence-electron chi connectivity index (χ2n) is 4.28. The summed E-state index contributed by atoms with van der Waals surface area (Å²) in [5.41, 5.74) is 11.8. The SMILES string of the molecule is COC1C=CC(CCNC(=O)[C@H](N)CC(=N)N)=CN1. The van der Waals surface area contributed by atoms with Crippen LogP contribution in [0.25, 0.3) is 0 Å². The smallest absolute Gasteiger partial charge is 0.237 e. The zero-order chi connectivity index (χ0) is 14.3. The summed E-state index contributed by atoms with van der Waals surface area (Å²) in [5.74, 6) is -0.381. The molecule has 1 unspecified atom stereocenters. The lowest BCUT2D eigenvalue weighted by Gasteiger charge is -2.17. The van der Waals surface area contributed by atoms with Crippen LogP contribution in [-0.4, -0.2) is 37.7 Å². The third kappa shape index (κ3) is 5.54. The summed E-state index contributed by atoms with van der Waals surface area (Å²) in [5, 5.41) is 12.8.